The van der Waals surface area contributed by atoms with E-state index in [0.29, 0.717) is 26.2 Å². The normalized spacial score (nSPS) is 15.9. The van der Waals surface area contributed by atoms with E-state index in [2.05, 4.69) is 38.7 Å². The second kappa shape index (κ2) is 7.20. The molecule has 1 aliphatic rings. The lowest BCUT2D eigenvalue weighted by atomic mass is 9.96. The number of amides is 1. The van der Waals surface area contributed by atoms with E-state index in [4.69, 9.17) is 4.74 Å². The lowest BCUT2D eigenvalue weighted by molar-refractivity contribution is -0.120. The van der Waals surface area contributed by atoms with E-state index in [1.807, 2.05) is 12.1 Å². The van der Waals surface area contributed by atoms with Crippen LogP contribution in [0, 0.1) is 0 Å². The summed E-state index contributed by atoms with van der Waals surface area (Å²) in [7, 11) is 1.65. The molecule has 0 spiro atoms. The van der Waals surface area contributed by atoms with E-state index in [1.54, 1.807) is 7.11 Å². The zero-order valence-corrected chi connectivity index (χ0v) is 13.3. The van der Waals surface area contributed by atoms with E-state index in [0.717, 1.165) is 17.3 Å². The van der Waals surface area contributed by atoms with Gasteiger partial charge in [-0.15, -0.1) is 0 Å². The van der Waals surface area contributed by atoms with Gasteiger partial charge in [0.25, 0.3) is 0 Å². The van der Waals surface area contributed by atoms with E-state index in [1.165, 1.54) is 5.56 Å². The van der Waals surface area contributed by atoms with Crippen LogP contribution in [0.25, 0.3) is 0 Å². The third kappa shape index (κ3) is 4.04. The number of rotatable bonds is 8. The number of methoxy groups -OCH3 is 1. The summed E-state index contributed by atoms with van der Waals surface area (Å²) in [6.07, 6.45) is 2.26. The van der Waals surface area contributed by atoms with Gasteiger partial charge in [-0.2, -0.15) is 0 Å². The Balaban J connectivity index is 1.79. The Labute approximate surface area is 128 Å². The molecule has 1 aromatic carbocycles. The predicted octanol–water partition coefficient (Wildman–Crippen LogP) is 1.83. The number of halogens is 1. The highest BCUT2D eigenvalue weighted by Gasteiger charge is 2.45. The molecule has 1 fully saturated rings. The summed E-state index contributed by atoms with van der Waals surface area (Å²) < 4.78 is 6.05. The fraction of sp³-hybridized carbons (Fsp3) is 0.533. The molecule has 2 N–H and O–H groups in total. The highest BCUT2D eigenvalue weighted by atomic mass is 79.9. The maximum atomic E-state index is 11.8. The Bertz CT molecular complexity index is 461. The molecule has 0 saturated heterocycles. The number of nitrogens with one attached hydrogen (secondary N) is 2. The van der Waals surface area contributed by atoms with E-state index >= 15 is 0 Å². The Morgan fingerprint density at radius 3 is 2.80 bits per heavy atom. The summed E-state index contributed by atoms with van der Waals surface area (Å²) in [4.78, 5) is 11.8. The minimum Gasteiger partial charge on any atom is -0.383 e. The van der Waals surface area contributed by atoms with Crippen molar-refractivity contribution in [2.24, 2.45) is 0 Å². The molecule has 5 heteroatoms. The highest BCUT2D eigenvalue weighted by molar-refractivity contribution is 9.10. The van der Waals surface area contributed by atoms with Crippen LogP contribution in [0.3, 0.4) is 0 Å². The van der Waals surface area contributed by atoms with Gasteiger partial charge in [0.15, 0.2) is 0 Å². The van der Waals surface area contributed by atoms with Crippen molar-refractivity contribution in [2.45, 2.75) is 18.3 Å². The van der Waals surface area contributed by atoms with Crippen molar-refractivity contribution < 1.29 is 9.53 Å². The molecule has 1 aliphatic carbocycles. The van der Waals surface area contributed by atoms with Crippen LogP contribution in [0.15, 0.2) is 28.7 Å². The zero-order valence-electron chi connectivity index (χ0n) is 11.7. The summed E-state index contributed by atoms with van der Waals surface area (Å²) in [5.74, 6) is 0.0411. The highest BCUT2D eigenvalue weighted by Crippen LogP contribution is 2.49. The van der Waals surface area contributed by atoms with Crippen LogP contribution in [0.1, 0.15) is 18.4 Å². The summed E-state index contributed by atoms with van der Waals surface area (Å²) >= 11 is 3.60. The average Bonchev–Trinajstić information content (AvgIpc) is 3.23. The fourth-order valence-corrected chi connectivity index (χ4v) is 3.00. The predicted molar refractivity (Wildman–Crippen MR) is 82.8 cm³/mol. The maximum absolute atomic E-state index is 11.8. The standard InChI is InChI=1S/C15H21BrN2O2/c1-20-9-8-17-10-14(19)18-11-15(6-7-15)12-4-2-3-5-13(12)16/h2-5,17H,6-11H2,1H3,(H,18,19). The first-order chi connectivity index (χ1) is 9.68. The molecule has 2 rings (SSSR count). The molecule has 1 amide bonds. The van der Waals surface area contributed by atoms with Gasteiger partial charge in [-0.3, -0.25) is 4.79 Å². The molecule has 1 saturated carbocycles. The summed E-state index contributed by atoms with van der Waals surface area (Å²) in [6.45, 7) is 2.36. The van der Waals surface area contributed by atoms with Crippen LogP contribution in [0.4, 0.5) is 0 Å². The monoisotopic (exact) mass is 340 g/mol. The minimum atomic E-state index is 0.0411. The molecular formula is C15H21BrN2O2. The number of carbonyl (C=O) groups is 1. The van der Waals surface area contributed by atoms with Gasteiger partial charge >= 0.3 is 0 Å². The molecule has 0 radical (unpaired) electrons. The van der Waals surface area contributed by atoms with Gasteiger partial charge in [0.1, 0.15) is 0 Å². The van der Waals surface area contributed by atoms with Gasteiger partial charge in [-0.25, -0.2) is 0 Å². The fourth-order valence-electron chi connectivity index (χ4n) is 2.29. The SMILES string of the molecule is COCCNCC(=O)NCC1(c2ccccc2Br)CC1. The molecule has 0 heterocycles. The molecular weight excluding hydrogens is 320 g/mol. The second-order valence-electron chi connectivity index (χ2n) is 5.21. The number of carbonyl (C=O) groups excluding carboxylic acids is 1. The average molecular weight is 341 g/mol. The maximum Gasteiger partial charge on any atom is 0.233 e. The number of hydrogen-bond acceptors (Lipinski definition) is 3. The summed E-state index contributed by atoms with van der Waals surface area (Å²) in [5, 5.41) is 6.07. The van der Waals surface area contributed by atoms with Crippen LogP contribution in [0.5, 0.6) is 0 Å². The lowest BCUT2D eigenvalue weighted by Crippen LogP contribution is -2.39. The molecule has 0 aromatic heterocycles. The van der Waals surface area contributed by atoms with Crippen molar-refractivity contribution in [1.29, 1.82) is 0 Å². The molecule has 0 aliphatic heterocycles. The molecule has 0 atom stereocenters. The first-order valence-electron chi connectivity index (χ1n) is 6.89. The third-order valence-corrected chi connectivity index (χ3v) is 4.38. The largest absolute Gasteiger partial charge is 0.383 e. The van der Waals surface area contributed by atoms with Gasteiger partial charge in [0.2, 0.25) is 5.91 Å². The van der Waals surface area contributed by atoms with Crippen LogP contribution in [0.2, 0.25) is 0 Å². The lowest BCUT2D eigenvalue weighted by Gasteiger charge is -2.18. The van der Waals surface area contributed by atoms with Crippen molar-refractivity contribution >= 4 is 21.8 Å². The topological polar surface area (TPSA) is 50.4 Å². The third-order valence-electron chi connectivity index (χ3n) is 3.69. The van der Waals surface area contributed by atoms with Crippen LogP contribution >= 0.6 is 15.9 Å². The quantitative estimate of drug-likeness (QED) is 0.710. The van der Waals surface area contributed by atoms with Crippen molar-refractivity contribution in [3.63, 3.8) is 0 Å². The van der Waals surface area contributed by atoms with Crippen LogP contribution in [-0.2, 0) is 14.9 Å². The Kier molecular flexibility index (Phi) is 5.57. The summed E-state index contributed by atoms with van der Waals surface area (Å²) in [6, 6.07) is 8.26. The van der Waals surface area contributed by atoms with Gasteiger partial charge in [0, 0.05) is 30.1 Å². The molecule has 110 valence electrons. The second-order valence-corrected chi connectivity index (χ2v) is 6.06. The number of benzene rings is 1. The van der Waals surface area contributed by atoms with Crippen LogP contribution < -0.4 is 10.6 Å². The molecule has 1 aromatic rings. The van der Waals surface area contributed by atoms with E-state index in [-0.39, 0.29) is 11.3 Å². The molecule has 0 bridgehead atoms. The zero-order chi connectivity index (χ0) is 14.4. The van der Waals surface area contributed by atoms with Crippen molar-refractivity contribution in [1.82, 2.24) is 10.6 Å². The van der Waals surface area contributed by atoms with Gasteiger partial charge in [-0.05, 0) is 24.5 Å². The Morgan fingerprint density at radius 2 is 2.15 bits per heavy atom. The number of ether oxygens (including phenoxy) is 1. The molecule has 4 nitrogen and oxygen atoms in total. The van der Waals surface area contributed by atoms with Crippen molar-refractivity contribution in [2.75, 3.05) is 33.4 Å². The number of hydrogen-bond donors (Lipinski definition) is 2. The Hall–Kier alpha value is -0.910. The molecule has 20 heavy (non-hydrogen) atoms. The van der Waals surface area contributed by atoms with E-state index < -0.39 is 0 Å². The Morgan fingerprint density at radius 1 is 1.40 bits per heavy atom. The smallest absolute Gasteiger partial charge is 0.233 e. The van der Waals surface area contributed by atoms with Crippen molar-refractivity contribution in [3.05, 3.63) is 34.3 Å². The van der Waals surface area contributed by atoms with Gasteiger partial charge in [-0.1, -0.05) is 34.1 Å². The van der Waals surface area contributed by atoms with Gasteiger partial charge in [0.05, 0.1) is 13.2 Å². The van der Waals surface area contributed by atoms with Crippen LogP contribution in [-0.4, -0.2) is 39.3 Å². The summed E-state index contributed by atoms with van der Waals surface area (Å²) in [5.41, 5.74) is 1.43. The first kappa shape index (κ1) is 15.5. The van der Waals surface area contributed by atoms with Crippen molar-refractivity contribution in [3.8, 4) is 0 Å². The minimum absolute atomic E-state index is 0.0411. The van der Waals surface area contributed by atoms with E-state index in [9.17, 15) is 4.79 Å². The van der Waals surface area contributed by atoms with Gasteiger partial charge < -0.3 is 15.4 Å². The molecule has 0 unspecified atom stereocenters. The first-order valence-corrected chi connectivity index (χ1v) is 7.69.